The smallest absolute Gasteiger partial charge is 0.0695 e. The fraction of sp³-hybridized carbons (Fsp3) is 1.00. The maximum atomic E-state index is 10.3. The summed E-state index contributed by atoms with van der Waals surface area (Å²) >= 11 is 0. The molecule has 1 fully saturated rings. The van der Waals surface area contributed by atoms with Crippen LogP contribution in [0.2, 0.25) is 0 Å². The molecule has 1 N–H and O–H groups in total. The lowest BCUT2D eigenvalue weighted by atomic mass is 10.00. The van der Waals surface area contributed by atoms with Gasteiger partial charge in [-0.1, -0.05) is 27.2 Å². The van der Waals surface area contributed by atoms with Crippen molar-refractivity contribution in [3.63, 3.8) is 0 Å². The van der Waals surface area contributed by atoms with E-state index in [4.69, 9.17) is 0 Å². The van der Waals surface area contributed by atoms with Gasteiger partial charge in [0.05, 0.1) is 6.10 Å². The van der Waals surface area contributed by atoms with Crippen LogP contribution >= 0.6 is 0 Å². The molecule has 1 heterocycles. The molecule has 2 nitrogen and oxygen atoms in total. The summed E-state index contributed by atoms with van der Waals surface area (Å²) in [6.07, 6.45) is 6.79. The lowest BCUT2D eigenvalue weighted by molar-refractivity contribution is 0.0154. The van der Waals surface area contributed by atoms with Gasteiger partial charge >= 0.3 is 0 Å². The van der Waals surface area contributed by atoms with Gasteiger partial charge < -0.3 is 5.11 Å². The zero-order valence-electron chi connectivity index (χ0n) is 11.4. The molecule has 1 rings (SSSR count). The second-order valence-electron chi connectivity index (χ2n) is 5.27. The minimum Gasteiger partial charge on any atom is -0.391 e. The molecule has 1 aliphatic rings. The first-order valence-corrected chi connectivity index (χ1v) is 7.11. The molecule has 0 spiro atoms. The molecule has 96 valence electrons. The number of nitrogens with zero attached hydrogens (tertiary/aromatic N) is 1. The van der Waals surface area contributed by atoms with Crippen molar-refractivity contribution in [2.45, 2.75) is 90.4 Å². The van der Waals surface area contributed by atoms with Gasteiger partial charge in [0.25, 0.3) is 0 Å². The zero-order valence-corrected chi connectivity index (χ0v) is 11.4. The SMILES string of the molecule is CCCC(O)C(CC)N1C(C)CCC1CC. The Morgan fingerprint density at radius 1 is 1.25 bits per heavy atom. The highest BCUT2D eigenvalue weighted by Gasteiger charge is 2.36. The van der Waals surface area contributed by atoms with Crippen molar-refractivity contribution in [3.8, 4) is 0 Å². The number of aliphatic hydroxyl groups is 1. The molecule has 16 heavy (non-hydrogen) atoms. The van der Waals surface area contributed by atoms with Gasteiger partial charge in [0, 0.05) is 18.1 Å². The molecule has 0 aromatic rings. The highest BCUT2D eigenvalue weighted by molar-refractivity contribution is 4.91. The van der Waals surface area contributed by atoms with Crippen LogP contribution in [0.3, 0.4) is 0 Å². The summed E-state index contributed by atoms with van der Waals surface area (Å²) in [6, 6.07) is 1.73. The first-order chi connectivity index (χ1) is 7.65. The third-order valence-corrected chi connectivity index (χ3v) is 4.15. The Hall–Kier alpha value is -0.0800. The van der Waals surface area contributed by atoms with Gasteiger partial charge in [-0.25, -0.2) is 0 Å². The number of likely N-dealkylation sites (tertiary alicyclic amines) is 1. The Kier molecular flexibility index (Phi) is 5.77. The predicted molar refractivity (Wildman–Crippen MR) is 69.6 cm³/mol. The quantitative estimate of drug-likeness (QED) is 0.753. The average molecular weight is 227 g/mol. The van der Waals surface area contributed by atoms with Gasteiger partial charge in [0.15, 0.2) is 0 Å². The first kappa shape index (κ1) is 14.0. The summed E-state index contributed by atoms with van der Waals surface area (Å²) in [5, 5.41) is 10.3. The van der Waals surface area contributed by atoms with E-state index in [0.29, 0.717) is 18.1 Å². The lowest BCUT2D eigenvalue weighted by Gasteiger charge is -2.38. The van der Waals surface area contributed by atoms with Gasteiger partial charge in [-0.3, -0.25) is 4.90 Å². The van der Waals surface area contributed by atoms with Crippen molar-refractivity contribution in [2.24, 2.45) is 0 Å². The van der Waals surface area contributed by atoms with Crippen molar-refractivity contribution in [1.82, 2.24) is 4.90 Å². The van der Waals surface area contributed by atoms with Gasteiger partial charge in [0.2, 0.25) is 0 Å². The number of rotatable bonds is 6. The van der Waals surface area contributed by atoms with E-state index in [1.807, 2.05) is 0 Å². The summed E-state index contributed by atoms with van der Waals surface area (Å²) in [5.41, 5.74) is 0. The molecule has 2 heteroatoms. The molecule has 1 aliphatic heterocycles. The highest BCUT2D eigenvalue weighted by Crippen LogP contribution is 2.31. The third-order valence-electron chi connectivity index (χ3n) is 4.15. The summed E-state index contributed by atoms with van der Waals surface area (Å²) in [5.74, 6) is 0. The van der Waals surface area contributed by atoms with E-state index in [-0.39, 0.29) is 6.10 Å². The summed E-state index contributed by atoms with van der Waals surface area (Å²) in [6.45, 7) is 8.95. The molecule has 4 atom stereocenters. The van der Waals surface area contributed by atoms with Crippen molar-refractivity contribution in [3.05, 3.63) is 0 Å². The maximum Gasteiger partial charge on any atom is 0.0695 e. The molecule has 0 amide bonds. The minimum absolute atomic E-state index is 0.135. The Balaban J connectivity index is 2.69. The summed E-state index contributed by atoms with van der Waals surface area (Å²) < 4.78 is 0. The maximum absolute atomic E-state index is 10.3. The van der Waals surface area contributed by atoms with Crippen LogP contribution in [0.15, 0.2) is 0 Å². The molecule has 0 bridgehead atoms. The molecule has 0 radical (unpaired) electrons. The summed E-state index contributed by atoms with van der Waals surface area (Å²) in [7, 11) is 0. The third kappa shape index (κ3) is 2.98. The predicted octanol–water partition coefficient (Wildman–Crippen LogP) is 3.19. The van der Waals surface area contributed by atoms with Crippen LogP contribution in [0.1, 0.15) is 66.2 Å². The van der Waals surface area contributed by atoms with Gasteiger partial charge in [-0.2, -0.15) is 0 Å². The Labute approximate surface area is 101 Å². The molecule has 0 saturated carbocycles. The van der Waals surface area contributed by atoms with Crippen molar-refractivity contribution >= 4 is 0 Å². The molecule has 1 saturated heterocycles. The first-order valence-electron chi connectivity index (χ1n) is 7.11. The van der Waals surface area contributed by atoms with Crippen LogP contribution < -0.4 is 0 Å². The topological polar surface area (TPSA) is 23.5 Å². The van der Waals surface area contributed by atoms with Crippen LogP contribution in [0.5, 0.6) is 0 Å². The number of aliphatic hydroxyl groups excluding tert-OH is 1. The van der Waals surface area contributed by atoms with Crippen LogP contribution in [-0.2, 0) is 0 Å². The van der Waals surface area contributed by atoms with Gasteiger partial charge in [-0.15, -0.1) is 0 Å². The van der Waals surface area contributed by atoms with Crippen molar-refractivity contribution in [1.29, 1.82) is 0 Å². The van der Waals surface area contributed by atoms with E-state index in [2.05, 4.69) is 32.6 Å². The normalized spacial score (nSPS) is 30.6. The average Bonchev–Trinajstić information content (AvgIpc) is 2.62. The second kappa shape index (κ2) is 6.61. The molecular formula is C14H29NO. The largest absolute Gasteiger partial charge is 0.391 e. The van der Waals surface area contributed by atoms with E-state index >= 15 is 0 Å². The summed E-state index contributed by atoms with van der Waals surface area (Å²) in [4.78, 5) is 2.60. The highest BCUT2D eigenvalue weighted by atomic mass is 16.3. The van der Waals surface area contributed by atoms with Crippen molar-refractivity contribution < 1.29 is 5.11 Å². The molecule has 0 aromatic carbocycles. The van der Waals surface area contributed by atoms with Crippen LogP contribution in [-0.4, -0.2) is 34.2 Å². The molecule has 0 aliphatic carbocycles. The Bertz CT molecular complexity index is 195. The Morgan fingerprint density at radius 3 is 2.44 bits per heavy atom. The minimum atomic E-state index is -0.135. The van der Waals surface area contributed by atoms with E-state index in [1.165, 1.54) is 19.3 Å². The Morgan fingerprint density at radius 2 is 1.94 bits per heavy atom. The molecule has 4 unspecified atom stereocenters. The molecule has 0 aromatic heterocycles. The van der Waals surface area contributed by atoms with E-state index in [0.717, 1.165) is 19.3 Å². The molecular weight excluding hydrogens is 198 g/mol. The second-order valence-corrected chi connectivity index (χ2v) is 5.27. The van der Waals surface area contributed by atoms with Crippen LogP contribution in [0, 0.1) is 0 Å². The fourth-order valence-corrected chi connectivity index (χ4v) is 3.27. The van der Waals surface area contributed by atoms with Crippen molar-refractivity contribution in [2.75, 3.05) is 0 Å². The number of hydrogen-bond donors (Lipinski definition) is 1. The lowest BCUT2D eigenvalue weighted by Crippen LogP contribution is -2.48. The van der Waals surface area contributed by atoms with E-state index in [9.17, 15) is 5.11 Å². The monoisotopic (exact) mass is 227 g/mol. The van der Waals surface area contributed by atoms with Gasteiger partial charge in [-0.05, 0) is 39.0 Å². The van der Waals surface area contributed by atoms with E-state index in [1.54, 1.807) is 0 Å². The fourth-order valence-electron chi connectivity index (χ4n) is 3.27. The zero-order chi connectivity index (χ0) is 12.1. The number of hydrogen-bond acceptors (Lipinski definition) is 2. The van der Waals surface area contributed by atoms with Crippen LogP contribution in [0.4, 0.5) is 0 Å². The van der Waals surface area contributed by atoms with Gasteiger partial charge in [0.1, 0.15) is 0 Å². The standard InChI is InChI=1S/C14H29NO/c1-5-8-14(16)13(7-3)15-11(4)9-10-12(15)6-2/h11-14,16H,5-10H2,1-4H3. The van der Waals surface area contributed by atoms with Crippen LogP contribution in [0.25, 0.3) is 0 Å². The van der Waals surface area contributed by atoms with E-state index < -0.39 is 0 Å².